The van der Waals surface area contributed by atoms with Gasteiger partial charge >= 0.3 is 0 Å². The van der Waals surface area contributed by atoms with Crippen LogP contribution in [0.2, 0.25) is 0 Å². The quantitative estimate of drug-likeness (QED) is 0.792. The number of hydrogen-bond acceptors (Lipinski definition) is 1. The topological polar surface area (TPSA) is 17.8 Å². The Morgan fingerprint density at radius 1 is 1.18 bits per heavy atom. The standard InChI is InChI=1S/C14H19BrN2/c1-8(2)10-6-12-11(7-16-17(12)5)13(9(3)4)14(10)15/h6-9H,1-5H3. The van der Waals surface area contributed by atoms with Crippen molar-refractivity contribution >= 4 is 26.8 Å². The van der Waals surface area contributed by atoms with Crippen molar-refractivity contribution in [1.82, 2.24) is 9.78 Å². The number of aromatic nitrogens is 2. The van der Waals surface area contributed by atoms with Crippen LogP contribution >= 0.6 is 15.9 Å². The van der Waals surface area contributed by atoms with Gasteiger partial charge in [-0.15, -0.1) is 0 Å². The third-order valence-corrected chi connectivity index (χ3v) is 4.14. The first kappa shape index (κ1) is 12.6. The van der Waals surface area contributed by atoms with Gasteiger partial charge in [0.15, 0.2) is 0 Å². The Hall–Kier alpha value is -0.830. The molecule has 0 radical (unpaired) electrons. The first-order valence-electron chi connectivity index (χ1n) is 6.07. The van der Waals surface area contributed by atoms with E-state index in [4.69, 9.17) is 0 Å². The summed E-state index contributed by atoms with van der Waals surface area (Å²) in [7, 11) is 2.00. The molecule has 2 nitrogen and oxygen atoms in total. The summed E-state index contributed by atoms with van der Waals surface area (Å²) in [6.45, 7) is 8.92. The molecule has 0 saturated carbocycles. The lowest BCUT2D eigenvalue weighted by atomic mass is 9.93. The predicted molar refractivity (Wildman–Crippen MR) is 76.6 cm³/mol. The van der Waals surface area contributed by atoms with Crippen LogP contribution in [-0.4, -0.2) is 9.78 Å². The van der Waals surface area contributed by atoms with Gasteiger partial charge in [-0.3, -0.25) is 4.68 Å². The fourth-order valence-electron chi connectivity index (χ4n) is 2.29. The van der Waals surface area contributed by atoms with Gasteiger partial charge in [0.05, 0.1) is 11.7 Å². The van der Waals surface area contributed by atoms with Crippen molar-refractivity contribution in [2.45, 2.75) is 39.5 Å². The van der Waals surface area contributed by atoms with Crippen LogP contribution in [0.1, 0.15) is 50.7 Å². The highest BCUT2D eigenvalue weighted by atomic mass is 79.9. The molecule has 1 aromatic heterocycles. The normalized spacial score (nSPS) is 12.0. The lowest BCUT2D eigenvalue weighted by molar-refractivity contribution is 0.792. The van der Waals surface area contributed by atoms with Gasteiger partial charge in [-0.1, -0.05) is 43.6 Å². The zero-order valence-corrected chi connectivity index (χ0v) is 12.7. The minimum atomic E-state index is 0.495. The van der Waals surface area contributed by atoms with E-state index < -0.39 is 0 Å². The molecule has 1 heterocycles. The van der Waals surface area contributed by atoms with Crippen molar-refractivity contribution < 1.29 is 0 Å². The van der Waals surface area contributed by atoms with Gasteiger partial charge in [-0.25, -0.2) is 0 Å². The predicted octanol–water partition coefficient (Wildman–Crippen LogP) is 4.58. The Labute approximate surface area is 111 Å². The molecule has 0 N–H and O–H groups in total. The van der Waals surface area contributed by atoms with E-state index in [1.807, 2.05) is 17.9 Å². The molecule has 0 aliphatic heterocycles. The highest BCUT2D eigenvalue weighted by Gasteiger charge is 2.17. The van der Waals surface area contributed by atoms with E-state index in [9.17, 15) is 0 Å². The van der Waals surface area contributed by atoms with Crippen LogP contribution in [-0.2, 0) is 7.05 Å². The fourth-order valence-corrected chi connectivity index (χ4v) is 3.54. The van der Waals surface area contributed by atoms with E-state index in [2.05, 4.69) is 54.8 Å². The van der Waals surface area contributed by atoms with E-state index in [1.54, 1.807) is 0 Å². The lowest BCUT2D eigenvalue weighted by Gasteiger charge is -2.17. The number of aryl methyl sites for hydroxylation is 1. The molecular formula is C14H19BrN2. The van der Waals surface area contributed by atoms with Gasteiger partial charge in [0.2, 0.25) is 0 Å². The molecular weight excluding hydrogens is 276 g/mol. The second kappa shape index (κ2) is 4.45. The summed E-state index contributed by atoms with van der Waals surface area (Å²) in [5, 5.41) is 5.64. The number of rotatable bonds is 2. The Kier molecular flexibility index (Phi) is 3.30. The molecule has 0 aliphatic carbocycles. The summed E-state index contributed by atoms with van der Waals surface area (Å²) < 4.78 is 3.21. The molecule has 0 saturated heterocycles. The first-order chi connectivity index (χ1) is 7.93. The van der Waals surface area contributed by atoms with Crippen molar-refractivity contribution in [2.24, 2.45) is 7.05 Å². The summed E-state index contributed by atoms with van der Waals surface area (Å²) in [6.07, 6.45) is 1.97. The van der Waals surface area contributed by atoms with E-state index in [0.29, 0.717) is 11.8 Å². The molecule has 3 heteroatoms. The Morgan fingerprint density at radius 3 is 2.35 bits per heavy atom. The lowest BCUT2D eigenvalue weighted by Crippen LogP contribution is -1.99. The van der Waals surface area contributed by atoms with Crippen LogP contribution < -0.4 is 0 Å². The molecule has 2 rings (SSSR count). The summed E-state index contributed by atoms with van der Waals surface area (Å²) in [6, 6.07) is 2.25. The van der Waals surface area contributed by atoms with Gasteiger partial charge in [0.1, 0.15) is 0 Å². The second-order valence-corrected chi connectivity index (χ2v) is 6.00. The highest BCUT2D eigenvalue weighted by molar-refractivity contribution is 9.10. The highest BCUT2D eigenvalue weighted by Crippen LogP contribution is 2.37. The number of nitrogens with zero attached hydrogens (tertiary/aromatic N) is 2. The third-order valence-electron chi connectivity index (χ3n) is 3.26. The molecule has 0 bridgehead atoms. The second-order valence-electron chi connectivity index (χ2n) is 5.20. The van der Waals surface area contributed by atoms with Crippen LogP contribution in [0.4, 0.5) is 0 Å². The average molecular weight is 295 g/mol. The Morgan fingerprint density at radius 2 is 1.82 bits per heavy atom. The number of fused-ring (bicyclic) bond motifs is 1. The fraction of sp³-hybridized carbons (Fsp3) is 0.500. The smallest absolute Gasteiger partial charge is 0.0685 e. The largest absolute Gasteiger partial charge is 0.268 e. The van der Waals surface area contributed by atoms with Crippen molar-refractivity contribution in [3.8, 4) is 0 Å². The summed E-state index contributed by atoms with van der Waals surface area (Å²) in [5.41, 5.74) is 3.96. The molecule has 0 unspecified atom stereocenters. The van der Waals surface area contributed by atoms with Crippen LogP contribution in [0.15, 0.2) is 16.7 Å². The van der Waals surface area contributed by atoms with Crippen molar-refractivity contribution in [2.75, 3.05) is 0 Å². The molecule has 1 aromatic carbocycles. The van der Waals surface area contributed by atoms with Crippen LogP contribution in [0.5, 0.6) is 0 Å². The van der Waals surface area contributed by atoms with Crippen molar-refractivity contribution in [3.05, 3.63) is 27.9 Å². The summed E-state index contributed by atoms with van der Waals surface area (Å²) in [4.78, 5) is 0. The van der Waals surface area contributed by atoms with Crippen molar-refractivity contribution in [3.63, 3.8) is 0 Å². The third kappa shape index (κ3) is 2.01. The average Bonchev–Trinajstić information content (AvgIpc) is 2.58. The maximum absolute atomic E-state index is 4.38. The first-order valence-corrected chi connectivity index (χ1v) is 6.86. The van der Waals surface area contributed by atoms with Crippen molar-refractivity contribution in [1.29, 1.82) is 0 Å². The van der Waals surface area contributed by atoms with Crippen LogP contribution in [0.3, 0.4) is 0 Å². The van der Waals surface area contributed by atoms with E-state index in [1.165, 1.54) is 26.5 Å². The minimum absolute atomic E-state index is 0.495. The number of hydrogen-bond donors (Lipinski definition) is 0. The minimum Gasteiger partial charge on any atom is -0.268 e. The van der Waals surface area contributed by atoms with Gasteiger partial charge in [0.25, 0.3) is 0 Å². The number of benzene rings is 1. The molecule has 0 fully saturated rings. The van der Waals surface area contributed by atoms with Gasteiger partial charge in [-0.2, -0.15) is 5.10 Å². The maximum Gasteiger partial charge on any atom is 0.0685 e. The van der Waals surface area contributed by atoms with Gasteiger partial charge < -0.3 is 0 Å². The zero-order valence-electron chi connectivity index (χ0n) is 11.1. The molecule has 17 heavy (non-hydrogen) atoms. The van der Waals surface area contributed by atoms with Crippen LogP contribution in [0.25, 0.3) is 10.9 Å². The molecule has 0 amide bonds. The molecule has 0 aliphatic rings. The zero-order chi connectivity index (χ0) is 12.7. The molecule has 0 spiro atoms. The Balaban J connectivity index is 2.87. The molecule has 92 valence electrons. The van der Waals surface area contributed by atoms with Gasteiger partial charge in [0, 0.05) is 16.9 Å². The van der Waals surface area contributed by atoms with E-state index in [0.717, 1.165) is 0 Å². The number of halogens is 1. The summed E-state index contributed by atoms with van der Waals surface area (Å²) >= 11 is 3.78. The monoisotopic (exact) mass is 294 g/mol. The summed E-state index contributed by atoms with van der Waals surface area (Å²) in [5.74, 6) is 1.01. The maximum atomic E-state index is 4.38. The van der Waals surface area contributed by atoms with E-state index >= 15 is 0 Å². The Bertz CT molecular complexity index is 553. The molecule has 2 aromatic rings. The molecule has 0 atom stereocenters. The van der Waals surface area contributed by atoms with E-state index in [-0.39, 0.29) is 0 Å². The van der Waals surface area contributed by atoms with Crippen LogP contribution in [0, 0.1) is 0 Å². The SMILES string of the molecule is CC(C)c1cc2c(cnn2C)c(C(C)C)c1Br. The van der Waals surface area contributed by atoms with Gasteiger partial charge in [-0.05, 0) is 29.0 Å².